The number of nitrogens with one attached hydrogen (secondary N) is 1. The van der Waals surface area contributed by atoms with Gasteiger partial charge in [-0.25, -0.2) is 9.97 Å². The SMILES string of the molecule is O=C1CC=Cc2nc3ccccc3nc21.c1cn[nH]c1. The highest BCUT2D eigenvalue weighted by Gasteiger charge is 2.16. The summed E-state index contributed by atoms with van der Waals surface area (Å²) in [5.74, 6) is 0.0470. The first-order chi connectivity index (χ1) is 9.84. The Morgan fingerprint density at radius 3 is 2.50 bits per heavy atom. The zero-order valence-corrected chi connectivity index (χ0v) is 10.7. The van der Waals surface area contributed by atoms with Gasteiger partial charge >= 0.3 is 0 Å². The summed E-state index contributed by atoms with van der Waals surface area (Å²) >= 11 is 0. The first kappa shape index (κ1) is 12.2. The number of H-pyrrole nitrogens is 1. The quantitative estimate of drug-likeness (QED) is 0.677. The van der Waals surface area contributed by atoms with Crippen molar-refractivity contribution in [1.82, 2.24) is 20.2 Å². The number of rotatable bonds is 0. The largest absolute Gasteiger partial charge is 0.292 e. The van der Waals surface area contributed by atoms with Crippen molar-refractivity contribution in [2.24, 2.45) is 0 Å². The van der Waals surface area contributed by atoms with Crippen LogP contribution in [0, 0.1) is 0 Å². The highest BCUT2D eigenvalue weighted by Crippen LogP contribution is 2.18. The molecule has 0 saturated heterocycles. The molecule has 1 N–H and O–H groups in total. The van der Waals surface area contributed by atoms with Crippen LogP contribution in [0.25, 0.3) is 17.1 Å². The van der Waals surface area contributed by atoms with Gasteiger partial charge in [0.05, 0.1) is 16.7 Å². The molecule has 0 bridgehead atoms. The molecule has 1 aromatic carbocycles. The first-order valence-corrected chi connectivity index (χ1v) is 6.25. The van der Waals surface area contributed by atoms with Crippen molar-refractivity contribution in [3.8, 4) is 0 Å². The predicted octanol–water partition coefficient (Wildman–Crippen LogP) is 2.64. The van der Waals surface area contributed by atoms with E-state index in [1.807, 2.05) is 42.5 Å². The Morgan fingerprint density at radius 2 is 1.85 bits per heavy atom. The lowest BCUT2D eigenvalue weighted by Crippen LogP contribution is -2.09. The number of carbonyl (C=O) groups excluding carboxylic acids is 1. The highest BCUT2D eigenvalue weighted by molar-refractivity contribution is 6.01. The Hall–Kier alpha value is -2.82. The van der Waals surface area contributed by atoms with Gasteiger partial charge in [-0.05, 0) is 24.3 Å². The number of allylic oxidation sites excluding steroid dienone is 1. The topological polar surface area (TPSA) is 71.5 Å². The number of Topliss-reactive ketones (excluding diaryl/α,β-unsaturated/α-hetero) is 1. The minimum atomic E-state index is 0.0470. The standard InChI is InChI=1S/C12H8N2O.C3H4N2/c15-11-7-3-6-10-12(11)14-9-5-2-1-4-8(9)13-10;1-2-4-5-3-1/h1-6H,7H2;1-3H,(H,4,5). The van der Waals surface area contributed by atoms with E-state index >= 15 is 0 Å². The molecule has 0 amide bonds. The van der Waals surface area contributed by atoms with Crippen molar-refractivity contribution >= 4 is 22.9 Å². The summed E-state index contributed by atoms with van der Waals surface area (Å²) < 4.78 is 0. The summed E-state index contributed by atoms with van der Waals surface area (Å²) in [4.78, 5) is 20.3. The van der Waals surface area contributed by atoms with E-state index in [0.29, 0.717) is 17.8 Å². The molecule has 2 heterocycles. The van der Waals surface area contributed by atoms with E-state index in [0.717, 1.165) is 11.0 Å². The van der Waals surface area contributed by atoms with Crippen LogP contribution in [0.4, 0.5) is 0 Å². The molecule has 0 atom stereocenters. The van der Waals surface area contributed by atoms with Gasteiger partial charge in [0.25, 0.3) is 0 Å². The smallest absolute Gasteiger partial charge is 0.187 e. The summed E-state index contributed by atoms with van der Waals surface area (Å²) in [6, 6.07) is 9.41. The van der Waals surface area contributed by atoms with Crippen molar-refractivity contribution in [2.75, 3.05) is 0 Å². The van der Waals surface area contributed by atoms with Gasteiger partial charge in [0.15, 0.2) is 5.78 Å². The summed E-state index contributed by atoms with van der Waals surface area (Å²) in [6.45, 7) is 0. The van der Waals surface area contributed by atoms with Crippen LogP contribution in [0.15, 0.2) is 48.8 Å². The molecule has 2 aromatic heterocycles. The number of para-hydroxylation sites is 2. The molecule has 1 aliphatic carbocycles. The van der Waals surface area contributed by atoms with Crippen LogP contribution in [-0.2, 0) is 0 Å². The third kappa shape index (κ3) is 2.47. The van der Waals surface area contributed by atoms with Gasteiger partial charge in [-0.2, -0.15) is 5.10 Å². The number of carbonyl (C=O) groups is 1. The fourth-order valence-electron chi connectivity index (χ4n) is 1.92. The van der Waals surface area contributed by atoms with Crippen LogP contribution in [0.5, 0.6) is 0 Å². The van der Waals surface area contributed by atoms with Crippen LogP contribution >= 0.6 is 0 Å². The van der Waals surface area contributed by atoms with Crippen LogP contribution < -0.4 is 0 Å². The van der Waals surface area contributed by atoms with Crippen molar-refractivity contribution in [1.29, 1.82) is 0 Å². The molecule has 98 valence electrons. The lowest BCUT2D eigenvalue weighted by molar-refractivity contribution is 0.0989. The van der Waals surface area contributed by atoms with Crippen molar-refractivity contribution in [2.45, 2.75) is 6.42 Å². The maximum atomic E-state index is 11.6. The summed E-state index contributed by atoms with van der Waals surface area (Å²) in [6.07, 6.45) is 7.57. The van der Waals surface area contributed by atoms with Gasteiger partial charge in [0, 0.05) is 18.8 Å². The molecule has 0 aliphatic heterocycles. The maximum absolute atomic E-state index is 11.6. The molecule has 20 heavy (non-hydrogen) atoms. The van der Waals surface area contributed by atoms with Gasteiger partial charge in [-0.1, -0.05) is 18.2 Å². The molecular weight excluding hydrogens is 252 g/mol. The highest BCUT2D eigenvalue weighted by atomic mass is 16.1. The molecule has 0 fully saturated rings. The molecule has 5 heteroatoms. The fourth-order valence-corrected chi connectivity index (χ4v) is 1.92. The Balaban J connectivity index is 0.000000205. The second kappa shape index (κ2) is 5.44. The molecule has 0 radical (unpaired) electrons. The Bertz CT molecular complexity index is 745. The number of fused-ring (bicyclic) bond motifs is 2. The van der Waals surface area contributed by atoms with Gasteiger partial charge in [0.2, 0.25) is 0 Å². The van der Waals surface area contributed by atoms with Crippen LogP contribution in [0.2, 0.25) is 0 Å². The molecule has 5 nitrogen and oxygen atoms in total. The number of hydrogen-bond acceptors (Lipinski definition) is 4. The van der Waals surface area contributed by atoms with Gasteiger partial charge in [-0.15, -0.1) is 0 Å². The second-order valence-electron chi connectivity index (χ2n) is 4.24. The second-order valence-corrected chi connectivity index (χ2v) is 4.24. The average molecular weight is 264 g/mol. The molecule has 0 spiro atoms. The molecule has 0 saturated carbocycles. The number of aromatic nitrogens is 4. The maximum Gasteiger partial charge on any atom is 0.187 e. The number of hydrogen-bond donors (Lipinski definition) is 1. The lowest BCUT2D eigenvalue weighted by Gasteiger charge is -2.08. The normalized spacial score (nSPS) is 12.7. The average Bonchev–Trinajstić information content (AvgIpc) is 3.05. The third-order valence-corrected chi connectivity index (χ3v) is 2.85. The van der Waals surface area contributed by atoms with E-state index in [1.54, 1.807) is 12.4 Å². The van der Waals surface area contributed by atoms with Gasteiger partial charge < -0.3 is 0 Å². The predicted molar refractivity (Wildman–Crippen MR) is 76.1 cm³/mol. The molecular formula is C15H12N4O. The summed E-state index contributed by atoms with van der Waals surface area (Å²) in [5, 5.41) is 6.21. The minimum absolute atomic E-state index is 0.0470. The summed E-state index contributed by atoms with van der Waals surface area (Å²) in [5.41, 5.74) is 2.79. The van der Waals surface area contributed by atoms with Gasteiger partial charge in [-0.3, -0.25) is 9.89 Å². The van der Waals surface area contributed by atoms with Gasteiger partial charge in [0.1, 0.15) is 5.69 Å². The fraction of sp³-hybridized carbons (Fsp3) is 0.0667. The zero-order chi connectivity index (χ0) is 13.8. The monoisotopic (exact) mass is 264 g/mol. The Kier molecular flexibility index (Phi) is 3.33. The zero-order valence-electron chi connectivity index (χ0n) is 10.7. The van der Waals surface area contributed by atoms with Crippen molar-refractivity contribution < 1.29 is 4.79 Å². The lowest BCUT2D eigenvalue weighted by atomic mass is 10.1. The van der Waals surface area contributed by atoms with Crippen LogP contribution in [-0.4, -0.2) is 25.9 Å². The molecule has 3 aromatic rings. The first-order valence-electron chi connectivity index (χ1n) is 6.25. The molecule has 1 aliphatic rings. The van der Waals surface area contributed by atoms with E-state index in [-0.39, 0.29) is 5.78 Å². The molecule has 0 unspecified atom stereocenters. The van der Waals surface area contributed by atoms with E-state index < -0.39 is 0 Å². The van der Waals surface area contributed by atoms with Crippen molar-refractivity contribution in [3.05, 3.63) is 60.2 Å². The third-order valence-electron chi connectivity index (χ3n) is 2.85. The number of benzene rings is 1. The number of aromatic amines is 1. The molecule has 4 rings (SSSR count). The Morgan fingerprint density at radius 1 is 1.05 bits per heavy atom. The van der Waals surface area contributed by atoms with Crippen LogP contribution in [0.3, 0.4) is 0 Å². The Labute approximate surface area is 115 Å². The number of nitrogens with zero attached hydrogens (tertiary/aromatic N) is 3. The van der Waals surface area contributed by atoms with Crippen LogP contribution in [0.1, 0.15) is 22.6 Å². The summed E-state index contributed by atoms with van der Waals surface area (Å²) in [7, 11) is 0. The number of ketones is 1. The van der Waals surface area contributed by atoms with E-state index in [9.17, 15) is 4.79 Å². The van der Waals surface area contributed by atoms with Crippen molar-refractivity contribution in [3.63, 3.8) is 0 Å². The van der Waals surface area contributed by atoms with E-state index in [2.05, 4.69) is 20.2 Å². The van der Waals surface area contributed by atoms with E-state index in [1.165, 1.54) is 0 Å². The van der Waals surface area contributed by atoms with E-state index in [4.69, 9.17) is 0 Å². The minimum Gasteiger partial charge on any atom is -0.292 e.